The minimum atomic E-state index is 0.156. The molecule has 0 aliphatic heterocycles. The van der Waals surface area contributed by atoms with Gasteiger partial charge in [0, 0.05) is 17.7 Å². The van der Waals surface area contributed by atoms with Gasteiger partial charge in [0.1, 0.15) is 0 Å². The summed E-state index contributed by atoms with van der Waals surface area (Å²) in [5, 5.41) is 0. The summed E-state index contributed by atoms with van der Waals surface area (Å²) in [5.41, 5.74) is 6.06. The van der Waals surface area contributed by atoms with E-state index in [1.807, 2.05) is 10.6 Å². The van der Waals surface area contributed by atoms with Crippen LogP contribution in [-0.4, -0.2) is 15.2 Å². The zero-order chi connectivity index (χ0) is 18.4. The molecule has 138 valence electrons. The molecule has 27 heavy (non-hydrogen) atoms. The predicted octanol–water partition coefficient (Wildman–Crippen LogP) is 5.68. The van der Waals surface area contributed by atoms with Gasteiger partial charge in [0.05, 0.1) is 18.0 Å². The molecule has 2 saturated carbocycles. The number of fused-ring (bicyclic) bond motifs is 1. The lowest BCUT2D eigenvalue weighted by Crippen LogP contribution is -2.23. The van der Waals surface area contributed by atoms with E-state index in [0.717, 1.165) is 36.8 Å². The van der Waals surface area contributed by atoms with E-state index in [-0.39, 0.29) is 5.92 Å². The largest absolute Gasteiger partial charge is 0.306 e. The van der Waals surface area contributed by atoms with Gasteiger partial charge >= 0.3 is 0 Å². The van der Waals surface area contributed by atoms with E-state index < -0.39 is 0 Å². The Balaban J connectivity index is 1.40. The van der Waals surface area contributed by atoms with Gasteiger partial charge < -0.3 is 4.40 Å². The summed E-state index contributed by atoms with van der Waals surface area (Å²) in [6.07, 6.45) is 12.4. The molecule has 0 bridgehead atoms. The van der Waals surface area contributed by atoms with Crippen LogP contribution < -0.4 is 0 Å². The smallest absolute Gasteiger partial charge is 0.168 e. The number of Topliss-reactive ketones (excluding diaryl/α,β-unsaturated/α-hetero) is 1. The van der Waals surface area contributed by atoms with Crippen LogP contribution >= 0.6 is 0 Å². The molecule has 0 amide bonds. The normalized spacial score (nSPS) is 22.9. The number of hydrogen-bond donors (Lipinski definition) is 0. The Hall–Kier alpha value is -2.42. The quantitative estimate of drug-likeness (QED) is 0.563. The molecule has 0 radical (unpaired) electrons. The molecule has 0 saturated heterocycles. The molecule has 0 spiro atoms. The fourth-order valence-corrected chi connectivity index (χ4v) is 4.93. The van der Waals surface area contributed by atoms with Crippen LogP contribution in [-0.2, 0) is 0 Å². The number of pyridine rings is 1. The third-order valence-corrected chi connectivity index (χ3v) is 6.62. The average Bonchev–Trinajstić information content (AvgIpc) is 3.44. The molecule has 0 atom stereocenters. The molecule has 2 aliphatic rings. The Morgan fingerprint density at radius 2 is 1.67 bits per heavy atom. The summed E-state index contributed by atoms with van der Waals surface area (Å²) in [5.74, 6) is 1.69. The van der Waals surface area contributed by atoms with E-state index in [0.29, 0.717) is 17.6 Å². The molecule has 0 unspecified atom stereocenters. The summed E-state index contributed by atoms with van der Waals surface area (Å²) < 4.78 is 2.00. The maximum Gasteiger partial charge on any atom is 0.168 e. The fourth-order valence-electron chi connectivity index (χ4n) is 4.93. The van der Waals surface area contributed by atoms with Crippen LogP contribution in [0.1, 0.15) is 77.4 Å². The van der Waals surface area contributed by atoms with Crippen LogP contribution in [0.5, 0.6) is 0 Å². The molecule has 2 heterocycles. The summed E-state index contributed by atoms with van der Waals surface area (Å²) in [6, 6.07) is 10.9. The first kappa shape index (κ1) is 16.7. The van der Waals surface area contributed by atoms with Crippen LogP contribution in [0.4, 0.5) is 0 Å². The average molecular weight is 358 g/mol. The first-order chi connectivity index (χ1) is 13.2. The lowest BCUT2D eigenvalue weighted by atomic mass is 9.75. The van der Waals surface area contributed by atoms with Gasteiger partial charge in [0.25, 0.3) is 0 Å². The van der Waals surface area contributed by atoms with Gasteiger partial charge in [-0.2, -0.15) is 0 Å². The van der Waals surface area contributed by atoms with Crippen LogP contribution in [0.3, 0.4) is 0 Å². The maximum atomic E-state index is 13.5. The Morgan fingerprint density at radius 1 is 0.963 bits per heavy atom. The highest BCUT2D eigenvalue weighted by molar-refractivity contribution is 6.05. The molecular formula is C24H26N2O. The van der Waals surface area contributed by atoms with Crippen LogP contribution in [0.2, 0.25) is 0 Å². The number of ketones is 1. The molecule has 2 fully saturated rings. The van der Waals surface area contributed by atoms with Gasteiger partial charge in [0.15, 0.2) is 5.78 Å². The second-order valence-electron chi connectivity index (χ2n) is 8.38. The van der Waals surface area contributed by atoms with E-state index in [1.54, 1.807) is 6.33 Å². The number of hydrogen-bond acceptors (Lipinski definition) is 2. The predicted molar refractivity (Wildman–Crippen MR) is 107 cm³/mol. The minimum absolute atomic E-state index is 0.156. The first-order valence-corrected chi connectivity index (χ1v) is 10.3. The van der Waals surface area contributed by atoms with E-state index in [2.05, 4.69) is 48.4 Å². The summed E-state index contributed by atoms with van der Waals surface area (Å²) in [6.45, 7) is 2.20. The lowest BCUT2D eigenvalue weighted by molar-refractivity contribution is 0.0884. The molecule has 2 aliphatic carbocycles. The SMILES string of the molecule is Cc1ccccc1C1CCC(C(=O)c2c(C3CC3)ccn3cncc23)CC1. The highest BCUT2D eigenvalue weighted by Gasteiger charge is 2.34. The van der Waals surface area contributed by atoms with E-state index >= 15 is 0 Å². The Morgan fingerprint density at radius 3 is 2.41 bits per heavy atom. The number of aromatic nitrogens is 2. The van der Waals surface area contributed by atoms with Gasteiger partial charge in [-0.25, -0.2) is 4.98 Å². The Bertz CT molecular complexity index is 991. The van der Waals surface area contributed by atoms with Crippen molar-refractivity contribution in [2.24, 2.45) is 5.92 Å². The van der Waals surface area contributed by atoms with Crippen molar-refractivity contribution in [1.29, 1.82) is 0 Å². The van der Waals surface area contributed by atoms with Gasteiger partial charge in [-0.05, 0) is 80.0 Å². The second-order valence-corrected chi connectivity index (χ2v) is 8.38. The second kappa shape index (κ2) is 6.63. The van der Waals surface area contributed by atoms with Crippen molar-refractivity contribution in [2.45, 2.75) is 57.3 Å². The lowest BCUT2D eigenvalue weighted by Gasteiger charge is -2.29. The topological polar surface area (TPSA) is 34.4 Å². The fraction of sp³-hybridized carbons (Fsp3) is 0.417. The number of nitrogens with zero attached hydrogens (tertiary/aromatic N) is 2. The molecule has 0 N–H and O–H groups in total. The van der Waals surface area contributed by atoms with Gasteiger partial charge in [-0.3, -0.25) is 4.79 Å². The number of imidazole rings is 1. The molecule has 5 rings (SSSR count). The monoisotopic (exact) mass is 358 g/mol. The molecule has 3 heteroatoms. The molecule has 3 nitrogen and oxygen atoms in total. The number of rotatable bonds is 4. The first-order valence-electron chi connectivity index (χ1n) is 10.3. The zero-order valence-corrected chi connectivity index (χ0v) is 15.9. The van der Waals surface area contributed by atoms with Crippen molar-refractivity contribution in [1.82, 2.24) is 9.38 Å². The van der Waals surface area contributed by atoms with Crippen molar-refractivity contribution in [3.63, 3.8) is 0 Å². The van der Waals surface area contributed by atoms with Gasteiger partial charge in [-0.15, -0.1) is 0 Å². The Labute approximate surface area is 160 Å². The highest BCUT2D eigenvalue weighted by Crippen LogP contribution is 2.44. The third kappa shape index (κ3) is 2.99. The third-order valence-electron chi connectivity index (χ3n) is 6.62. The van der Waals surface area contributed by atoms with Crippen molar-refractivity contribution in [3.05, 3.63) is 71.3 Å². The van der Waals surface area contributed by atoms with Gasteiger partial charge in [0.2, 0.25) is 0 Å². The standard InChI is InChI=1S/C24H26N2O/c1-16-4-2-3-5-20(16)17-8-10-19(11-9-17)24(27)23-21(18-6-7-18)12-13-26-15-25-14-22(23)26/h2-5,12-15,17-19H,6-11H2,1H3. The molecule has 2 aromatic heterocycles. The number of aryl methyl sites for hydroxylation is 1. The van der Waals surface area contributed by atoms with Crippen molar-refractivity contribution in [2.75, 3.05) is 0 Å². The summed E-state index contributed by atoms with van der Waals surface area (Å²) in [4.78, 5) is 17.8. The number of carbonyl (C=O) groups excluding carboxylic acids is 1. The van der Waals surface area contributed by atoms with Crippen LogP contribution in [0.15, 0.2) is 49.1 Å². The van der Waals surface area contributed by atoms with Crippen LogP contribution in [0.25, 0.3) is 5.52 Å². The Kier molecular flexibility index (Phi) is 4.11. The maximum absolute atomic E-state index is 13.5. The summed E-state index contributed by atoms with van der Waals surface area (Å²) >= 11 is 0. The molecule has 3 aromatic rings. The van der Waals surface area contributed by atoms with Gasteiger partial charge in [-0.1, -0.05) is 24.3 Å². The molecular weight excluding hydrogens is 332 g/mol. The van der Waals surface area contributed by atoms with E-state index in [9.17, 15) is 4.79 Å². The van der Waals surface area contributed by atoms with E-state index in [4.69, 9.17) is 0 Å². The zero-order valence-electron chi connectivity index (χ0n) is 15.9. The van der Waals surface area contributed by atoms with Crippen molar-refractivity contribution >= 4 is 11.3 Å². The van der Waals surface area contributed by atoms with E-state index in [1.165, 1.54) is 29.5 Å². The van der Waals surface area contributed by atoms with Crippen LogP contribution in [0, 0.1) is 12.8 Å². The highest BCUT2D eigenvalue weighted by atomic mass is 16.1. The van der Waals surface area contributed by atoms with Crippen molar-refractivity contribution in [3.8, 4) is 0 Å². The minimum Gasteiger partial charge on any atom is -0.306 e. The number of carbonyl (C=O) groups is 1. The summed E-state index contributed by atoms with van der Waals surface area (Å²) in [7, 11) is 0. The number of benzene rings is 1. The van der Waals surface area contributed by atoms with Crippen molar-refractivity contribution < 1.29 is 4.79 Å². The molecule has 1 aromatic carbocycles.